The number of hydrogen-bond donors (Lipinski definition) is 2. The Morgan fingerprint density at radius 3 is 2.71 bits per heavy atom. The van der Waals surface area contributed by atoms with E-state index in [1.54, 1.807) is 0 Å². The predicted octanol–water partition coefficient (Wildman–Crippen LogP) is 1.24. The highest BCUT2D eigenvalue weighted by Gasteiger charge is 2.27. The molecule has 1 aliphatic rings. The lowest BCUT2D eigenvalue weighted by Gasteiger charge is -2.24. The summed E-state index contributed by atoms with van der Waals surface area (Å²) in [6.45, 7) is 5.37. The zero-order chi connectivity index (χ0) is 17.9. The van der Waals surface area contributed by atoms with Crippen LogP contribution in [0.3, 0.4) is 0 Å². The standard InChI is InChI=1S/C16H25N3O4S/c1-4-19-8-6-7-15(19)18-16(20)11-9-14(24(21,22)5-2)12(17)10-13(11)23-3/h9-10,15H,4-8,17H2,1-3H3,(H,18,20). The molecule has 8 heteroatoms. The molecule has 134 valence electrons. The van der Waals surface area contributed by atoms with Crippen molar-refractivity contribution in [1.82, 2.24) is 10.2 Å². The van der Waals surface area contributed by atoms with E-state index in [2.05, 4.69) is 10.2 Å². The second-order valence-electron chi connectivity index (χ2n) is 5.75. The normalized spacial score (nSPS) is 18.5. The Labute approximate surface area is 143 Å². The van der Waals surface area contributed by atoms with Gasteiger partial charge in [-0.2, -0.15) is 0 Å². The molecule has 3 N–H and O–H groups in total. The van der Waals surface area contributed by atoms with Crippen molar-refractivity contribution in [2.24, 2.45) is 0 Å². The molecule has 0 saturated carbocycles. The monoisotopic (exact) mass is 355 g/mol. The highest BCUT2D eigenvalue weighted by Crippen LogP contribution is 2.29. The third kappa shape index (κ3) is 3.64. The molecule has 7 nitrogen and oxygen atoms in total. The molecule has 1 aromatic carbocycles. The van der Waals surface area contributed by atoms with Crippen LogP contribution >= 0.6 is 0 Å². The smallest absolute Gasteiger partial charge is 0.256 e. The van der Waals surface area contributed by atoms with Gasteiger partial charge in [0.25, 0.3) is 5.91 Å². The first-order valence-corrected chi connectivity index (χ1v) is 9.74. The molecular weight excluding hydrogens is 330 g/mol. The SMILES string of the molecule is CCN1CCCC1NC(=O)c1cc(S(=O)(=O)CC)c(N)cc1OC. The molecule has 1 unspecified atom stereocenters. The van der Waals surface area contributed by atoms with Crippen LogP contribution < -0.4 is 15.8 Å². The molecule has 0 spiro atoms. The number of carbonyl (C=O) groups is 1. The third-order valence-corrected chi connectivity index (χ3v) is 6.14. The molecule has 0 radical (unpaired) electrons. The van der Waals surface area contributed by atoms with Gasteiger partial charge in [-0.1, -0.05) is 13.8 Å². The van der Waals surface area contributed by atoms with Crippen molar-refractivity contribution in [3.63, 3.8) is 0 Å². The van der Waals surface area contributed by atoms with Gasteiger partial charge >= 0.3 is 0 Å². The average Bonchev–Trinajstić information content (AvgIpc) is 3.01. The van der Waals surface area contributed by atoms with E-state index in [1.807, 2.05) is 6.92 Å². The molecule has 1 heterocycles. The second-order valence-corrected chi connectivity index (χ2v) is 8.00. The van der Waals surface area contributed by atoms with Gasteiger partial charge in [0, 0.05) is 12.6 Å². The van der Waals surface area contributed by atoms with Gasteiger partial charge in [-0.3, -0.25) is 9.69 Å². The number of carbonyl (C=O) groups excluding carboxylic acids is 1. The summed E-state index contributed by atoms with van der Waals surface area (Å²) >= 11 is 0. The summed E-state index contributed by atoms with van der Waals surface area (Å²) in [5, 5.41) is 2.96. The number of nitrogens with one attached hydrogen (secondary N) is 1. The van der Waals surface area contributed by atoms with Crippen LogP contribution in [0.1, 0.15) is 37.0 Å². The maximum absolute atomic E-state index is 12.7. The van der Waals surface area contributed by atoms with Crippen molar-refractivity contribution < 1.29 is 17.9 Å². The van der Waals surface area contributed by atoms with Gasteiger partial charge in [-0.15, -0.1) is 0 Å². The summed E-state index contributed by atoms with van der Waals surface area (Å²) in [5.74, 6) is -0.178. The highest BCUT2D eigenvalue weighted by atomic mass is 32.2. The minimum Gasteiger partial charge on any atom is -0.496 e. The molecule has 0 aliphatic carbocycles. The average molecular weight is 355 g/mol. The van der Waals surface area contributed by atoms with Crippen molar-refractivity contribution >= 4 is 21.4 Å². The van der Waals surface area contributed by atoms with Gasteiger partial charge in [-0.25, -0.2) is 8.42 Å². The van der Waals surface area contributed by atoms with Crippen LogP contribution in [0.4, 0.5) is 5.69 Å². The van der Waals surface area contributed by atoms with Crippen LogP contribution in [0, 0.1) is 0 Å². The minimum absolute atomic E-state index is 0.0327. The fraction of sp³-hybridized carbons (Fsp3) is 0.562. The third-order valence-electron chi connectivity index (χ3n) is 4.36. The van der Waals surface area contributed by atoms with Crippen molar-refractivity contribution in [1.29, 1.82) is 0 Å². The number of hydrogen-bond acceptors (Lipinski definition) is 6. The summed E-state index contributed by atoms with van der Waals surface area (Å²) in [4.78, 5) is 14.8. The zero-order valence-electron chi connectivity index (χ0n) is 14.3. The lowest BCUT2D eigenvalue weighted by atomic mass is 10.1. The number of methoxy groups -OCH3 is 1. The quantitative estimate of drug-likeness (QED) is 0.745. The summed E-state index contributed by atoms with van der Waals surface area (Å²) in [7, 11) is -2.10. The molecule has 1 aliphatic heterocycles. The van der Waals surface area contributed by atoms with Crippen LogP contribution in [0.2, 0.25) is 0 Å². The molecule has 1 aromatic rings. The molecular formula is C16H25N3O4S. The van der Waals surface area contributed by atoms with E-state index in [9.17, 15) is 13.2 Å². The molecule has 2 rings (SSSR count). The Bertz CT molecular complexity index is 718. The number of rotatable bonds is 6. The van der Waals surface area contributed by atoms with Crippen LogP contribution in [0.5, 0.6) is 5.75 Å². The fourth-order valence-corrected chi connectivity index (χ4v) is 3.97. The van der Waals surface area contributed by atoms with Crippen LogP contribution in [-0.2, 0) is 9.84 Å². The summed E-state index contributed by atoms with van der Waals surface area (Å²) < 4.78 is 29.6. The fourth-order valence-electron chi connectivity index (χ4n) is 2.94. The number of benzene rings is 1. The zero-order valence-corrected chi connectivity index (χ0v) is 15.1. The number of likely N-dealkylation sites (tertiary alicyclic amines) is 1. The first kappa shape index (κ1) is 18.5. The van der Waals surface area contributed by atoms with E-state index in [-0.39, 0.29) is 39.7 Å². The van der Waals surface area contributed by atoms with Crippen molar-refractivity contribution in [3.8, 4) is 5.75 Å². The highest BCUT2D eigenvalue weighted by molar-refractivity contribution is 7.91. The number of ether oxygens (including phenoxy) is 1. The van der Waals surface area contributed by atoms with Gasteiger partial charge in [-0.05, 0) is 25.5 Å². The Balaban J connectivity index is 2.37. The van der Waals surface area contributed by atoms with E-state index in [1.165, 1.54) is 26.2 Å². The topological polar surface area (TPSA) is 102 Å². The molecule has 1 atom stereocenters. The molecule has 1 fully saturated rings. The molecule has 0 bridgehead atoms. The van der Waals surface area contributed by atoms with Gasteiger partial charge in [0.05, 0.1) is 35.2 Å². The molecule has 24 heavy (non-hydrogen) atoms. The maximum atomic E-state index is 12.7. The summed E-state index contributed by atoms with van der Waals surface area (Å²) in [5.41, 5.74) is 6.10. The Morgan fingerprint density at radius 2 is 2.12 bits per heavy atom. The Hall–Kier alpha value is -1.80. The van der Waals surface area contributed by atoms with Gasteiger partial charge in [0.15, 0.2) is 9.84 Å². The van der Waals surface area contributed by atoms with Gasteiger partial charge in [0.2, 0.25) is 0 Å². The molecule has 0 aromatic heterocycles. The number of sulfone groups is 1. The summed E-state index contributed by atoms with van der Waals surface area (Å²) in [6, 6.07) is 2.71. The molecule has 1 saturated heterocycles. The first-order chi connectivity index (χ1) is 11.3. The molecule has 1 amide bonds. The minimum atomic E-state index is -3.52. The van der Waals surface area contributed by atoms with E-state index in [4.69, 9.17) is 10.5 Å². The van der Waals surface area contributed by atoms with Crippen LogP contribution in [0.25, 0.3) is 0 Å². The Kier molecular flexibility index (Phi) is 5.71. The van der Waals surface area contributed by atoms with Crippen molar-refractivity contribution in [2.75, 3.05) is 31.7 Å². The van der Waals surface area contributed by atoms with E-state index < -0.39 is 9.84 Å². The first-order valence-electron chi connectivity index (χ1n) is 8.09. The van der Waals surface area contributed by atoms with E-state index >= 15 is 0 Å². The van der Waals surface area contributed by atoms with Crippen molar-refractivity contribution in [3.05, 3.63) is 17.7 Å². The second kappa shape index (κ2) is 7.40. The van der Waals surface area contributed by atoms with Crippen LogP contribution in [-0.4, -0.2) is 51.3 Å². The van der Waals surface area contributed by atoms with Crippen LogP contribution in [0.15, 0.2) is 17.0 Å². The Morgan fingerprint density at radius 1 is 1.42 bits per heavy atom. The van der Waals surface area contributed by atoms with E-state index in [0.29, 0.717) is 0 Å². The number of nitrogen functional groups attached to an aromatic ring is 1. The predicted molar refractivity (Wildman–Crippen MR) is 92.9 cm³/mol. The maximum Gasteiger partial charge on any atom is 0.256 e. The van der Waals surface area contributed by atoms with Gasteiger partial charge < -0.3 is 15.8 Å². The van der Waals surface area contributed by atoms with Crippen molar-refractivity contribution in [2.45, 2.75) is 37.8 Å². The number of amides is 1. The largest absolute Gasteiger partial charge is 0.496 e. The lowest BCUT2D eigenvalue weighted by molar-refractivity contribution is 0.0886. The number of nitrogens with zero attached hydrogens (tertiary/aromatic N) is 1. The summed E-state index contributed by atoms with van der Waals surface area (Å²) in [6.07, 6.45) is 1.85. The van der Waals surface area contributed by atoms with E-state index in [0.717, 1.165) is 25.9 Å². The van der Waals surface area contributed by atoms with Gasteiger partial charge in [0.1, 0.15) is 5.75 Å². The lowest BCUT2D eigenvalue weighted by Crippen LogP contribution is -2.44. The number of nitrogens with two attached hydrogens (primary N) is 1. The number of anilines is 1.